The number of hydrogen-bond acceptors (Lipinski definition) is 4. The maximum atomic E-state index is 13.0. The van der Waals surface area contributed by atoms with E-state index in [0.29, 0.717) is 47.7 Å². The van der Waals surface area contributed by atoms with Gasteiger partial charge < -0.3 is 10.1 Å². The molecule has 31 heavy (non-hydrogen) atoms. The molecule has 0 bridgehead atoms. The predicted molar refractivity (Wildman–Crippen MR) is 121 cm³/mol. The average molecular weight is 459 g/mol. The lowest BCUT2D eigenvalue weighted by atomic mass is 9.74. The van der Waals surface area contributed by atoms with Crippen LogP contribution in [0, 0.1) is 0 Å². The Hall–Kier alpha value is -2.41. The zero-order valence-electron chi connectivity index (χ0n) is 17.3. The first-order valence-corrected chi connectivity index (χ1v) is 11.1. The molecule has 1 aromatic heterocycles. The molecule has 0 saturated carbocycles. The van der Waals surface area contributed by atoms with E-state index in [-0.39, 0.29) is 17.1 Å². The molecule has 1 N–H and O–H groups in total. The van der Waals surface area contributed by atoms with Gasteiger partial charge in [0.15, 0.2) is 0 Å². The molecule has 6 nitrogen and oxygen atoms in total. The number of benzene rings is 2. The van der Waals surface area contributed by atoms with Crippen molar-refractivity contribution in [3.8, 4) is 5.69 Å². The maximum Gasteiger partial charge on any atom is 0.291 e. The van der Waals surface area contributed by atoms with Crippen molar-refractivity contribution in [2.24, 2.45) is 0 Å². The van der Waals surface area contributed by atoms with E-state index in [1.165, 1.54) is 5.56 Å². The minimum atomic E-state index is -0.321. The third kappa shape index (κ3) is 4.47. The van der Waals surface area contributed by atoms with Gasteiger partial charge in [-0.1, -0.05) is 66.5 Å². The van der Waals surface area contributed by atoms with Gasteiger partial charge >= 0.3 is 0 Å². The van der Waals surface area contributed by atoms with Crippen LogP contribution in [-0.4, -0.2) is 40.4 Å². The Bertz CT molecular complexity index is 1040. The summed E-state index contributed by atoms with van der Waals surface area (Å²) in [4.78, 5) is 17.4. The number of nitrogens with one attached hydrogen (secondary N) is 1. The van der Waals surface area contributed by atoms with Gasteiger partial charge in [-0.25, -0.2) is 9.67 Å². The summed E-state index contributed by atoms with van der Waals surface area (Å²) in [6.07, 6.45) is 2.26. The maximum absolute atomic E-state index is 13.0. The molecule has 2 heterocycles. The lowest BCUT2D eigenvalue weighted by Gasteiger charge is -2.37. The molecule has 8 heteroatoms. The smallest absolute Gasteiger partial charge is 0.291 e. The summed E-state index contributed by atoms with van der Waals surface area (Å²) in [6, 6.07) is 15.5. The molecule has 3 aromatic rings. The Kier molecular flexibility index (Phi) is 6.60. The molecule has 2 aromatic carbocycles. The van der Waals surface area contributed by atoms with Crippen LogP contribution in [0.2, 0.25) is 10.0 Å². The molecule has 162 valence electrons. The number of aryl methyl sites for hydroxylation is 1. The molecule has 0 radical (unpaired) electrons. The molecule has 1 saturated heterocycles. The van der Waals surface area contributed by atoms with Crippen molar-refractivity contribution in [1.82, 2.24) is 20.1 Å². The van der Waals surface area contributed by atoms with E-state index in [4.69, 9.17) is 27.9 Å². The molecule has 0 unspecified atom stereocenters. The molecular weight excluding hydrogens is 435 g/mol. The van der Waals surface area contributed by atoms with Gasteiger partial charge in [-0.2, -0.15) is 0 Å². The Labute approximate surface area is 191 Å². The summed E-state index contributed by atoms with van der Waals surface area (Å²) in [6.45, 7) is 3.77. The lowest BCUT2D eigenvalue weighted by molar-refractivity contribution is 0.0486. The van der Waals surface area contributed by atoms with E-state index in [1.807, 2.05) is 25.1 Å². The van der Waals surface area contributed by atoms with Crippen molar-refractivity contribution in [3.63, 3.8) is 0 Å². The minimum Gasteiger partial charge on any atom is -0.381 e. The van der Waals surface area contributed by atoms with Crippen LogP contribution in [-0.2, 0) is 16.6 Å². The van der Waals surface area contributed by atoms with Gasteiger partial charge in [0.2, 0.25) is 5.82 Å². The second-order valence-electron chi connectivity index (χ2n) is 7.63. The number of halogens is 2. The second kappa shape index (κ2) is 9.39. The predicted octanol–water partition coefficient (Wildman–Crippen LogP) is 4.61. The lowest BCUT2D eigenvalue weighted by Crippen LogP contribution is -2.44. The third-order valence-corrected chi connectivity index (χ3v) is 6.38. The number of aromatic nitrogens is 3. The molecule has 1 aliphatic rings. The number of para-hydroxylation sites is 1. The molecule has 1 amide bonds. The molecule has 0 aliphatic carbocycles. The van der Waals surface area contributed by atoms with Crippen LogP contribution < -0.4 is 5.32 Å². The fourth-order valence-corrected chi connectivity index (χ4v) is 4.55. The number of rotatable bonds is 6. The van der Waals surface area contributed by atoms with E-state index in [2.05, 4.69) is 27.5 Å². The highest BCUT2D eigenvalue weighted by Gasteiger charge is 2.35. The van der Waals surface area contributed by atoms with Gasteiger partial charge in [0.05, 0.1) is 10.0 Å². The number of amides is 1. The fourth-order valence-electron chi connectivity index (χ4n) is 3.99. The first-order chi connectivity index (χ1) is 15.0. The number of hydrogen-bond donors (Lipinski definition) is 1. The van der Waals surface area contributed by atoms with Crippen molar-refractivity contribution in [2.75, 3.05) is 19.8 Å². The van der Waals surface area contributed by atoms with Crippen LogP contribution in [0.25, 0.3) is 5.69 Å². The van der Waals surface area contributed by atoms with Gasteiger partial charge in [0.1, 0.15) is 11.5 Å². The van der Waals surface area contributed by atoms with E-state index >= 15 is 0 Å². The average Bonchev–Trinajstić information content (AvgIpc) is 3.23. The Morgan fingerprint density at radius 2 is 1.77 bits per heavy atom. The highest BCUT2D eigenvalue weighted by molar-refractivity contribution is 6.37. The van der Waals surface area contributed by atoms with E-state index in [1.54, 1.807) is 22.9 Å². The van der Waals surface area contributed by atoms with Gasteiger partial charge in [0, 0.05) is 31.6 Å². The molecule has 1 aliphatic heterocycles. The van der Waals surface area contributed by atoms with Crippen molar-refractivity contribution in [1.29, 1.82) is 0 Å². The van der Waals surface area contributed by atoms with Crippen LogP contribution in [0.1, 0.15) is 41.8 Å². The Balaban J connectivity index is 1.58. The number of carbonyl (C=O) groups is 1. The summed E-state index contributed by atoms with van der Waals surface area (Å²) in [7, 11) is 0. The topological polar surface area (TPSA) is 69.0 Å². The van der Waals surface area contributed by atoms with Crippen molar-refractivity contribution < 1.29 is 9.53 Å². The first kappa shape index (κ1) is 21.8. The summed E-state index contributed by atoms with van der Waals surface area (Å²) in [5, 5.41) is 8.38. The normalized spacial score (nSPS) is 15.6. The second-order valence-corrected chi connectivity index (χ2v) is 8.44. The summed E-state index contributed by atoms with van der Waals surface area (Å²) in [5.74, 6) is 0.394. The van der Waals surface area contributed by atoms with Crippen LogP contribution in [0.4, 0.5) is 0 Å². The van der Waals surface area contributed by atoms with Gasteiger partial charge in [-0.15, -0.1) is 5.10 Å². The molecule has 4 rings (SSSR count). The number of carbonyl (C=O) groups excluding carboxylic acids is 1. The zero-order chi connectivity index (χ0) is 21.8. The van der Waals surface area contributed by atoms with Gasteiger partial charge in [-0.3, -0.25) is 4.79 Å². The number of nitrogens with zero attached hydrogens (tertiary/aromatic N) is 3. The zero-order valence-corrected chi connectivity index (χ0v) is 18.8. The number of ether oxygens (including phenoxy) is 1. The van der Waals surface area contributed by atoms with Crippen molar-refractivity contribution >= 4 is 29.1 Å². The SMILES string of the molecule is CCc1nc(C(=O)NCC2(c3ccccc3)CCOCC2)nn1-c1c(Cl)cccc1Cl. The largest absolute Gasteiger partial charge is 0.381 e. The third-order valence-electron chi connectivity index (χ3n) is 5.77. The van der Waals surface area contributed by atoms with Gasteiger partial charge in [0.25, 0.3) is 5.91 Å². The summed E-state index contributed by atoms with van der Waals surface area (Å²) < 4.78 is 7.13. The fraction of sp³-hybridized carbons (Fsp3) is 0.348. The summed E-state index contributed by atoms with van der Waals surface area (Å²) >= 11 is 12.7. The van der Waals surface area contributed by atoms with Crippen molar-refractivity contribution in [2.45, 2.75) is 31.6 Å². The monoisotopic (exact) mass is 458 g/mol. The highest BCUT2D eigenvalue weighted by Crippen LogP contribution is 2.34. The van der Waals surface area contributed by atoms with Crippen LogP contribution in [0.5, 0.6) is 0 Å². The molecule has 1 fully saturated rings. The molecule has 0 atom stereocenters. The Morgan fingerprint density at radius 3 is 2.42 bits per heavy atom. The first-order valence-electron chi connectivity index (χ1n) is 10.4. The van der Waals surface area contributed by atoms with Crippen LogP contribution in [0.15, 0.2) is 48.5 Å². The van der Waals surface area contributed by atoms with E-state index in [9.17, 15) is 4.79 Å². The van der Waals surface area contributed by atoms with E-state index in [0.717, 1.165) is 12.8 Å². The molecular formula is C23H24Cl2N4O2. The quantitative estimate of drug-likeness (QED) is 0.585. The van der Waals surface area contributed by atoms with E-state index < -0.39 is 0 Å². The summed E-state index contributed by atoms with van der Waals surface area (Å²) in [5.41, 5.74) is 1.56. The van der Waals surface area contributed by atoms with Crippen molar-refractivity contribution in [3.05, 3.63) is 75.8 Å². The highest BCUT2D eigenvalue weighted by atomic mass is 35.5. The minimum absolute atomic E-state index is 0.100. The standard InChI is InChI=1S/C23H24Cl2N4O2/c1-2-19-27-21(28-29(19)20-17(24)9-6-10-18(20)25)22(30)26-15-23(11-13-31-14-12-23)16-7-4-3-5-8-16/h3-10H,2,11-15H2,1H3,(H,26,30). The van der Waals surface area contributed by atoms with Gasteiger partial charge in [-0.05, 0) is 30.5 Å². The van der Waals surface area contributed by atoms with Crippen LogP contribution >= 0.6 is 23.2 Å². The molecule has 0 spiro atoms. The van der Waals surface area contributed by atoms with Crippen LogP contribution in [0.3, 0.4) is 0 Å². The Morgan fingerprint density at radius 1 is 1.10 bits per heavy atom.